The Morgan fingerprint density at radius 1 is 0.319 bits per heavy atom. The molecule has 0 saturated carbocycles. The van der Waals surface area contributed by atoms with Crippen LogP contribution in [0.3, 0.4) is 0 Å². The van der Waals surface area contributed by atoms with E-state index in [4.69, 9.17) is 0 Å². The second-order valence-corrected chi connectivity index (χ2v) is 35.5. The number of aromatic nitrogens is 8. The van der Waals surface area contributed by atoms with Crippen LogP contribution in [0.2, 0.25) is 77.9 Å². The molecule has 1 radical (unpaired) electrons. The summed E-state index contributed by atoms with van der Waals surface area (Å²) in [7, 11) is 9.93. The molecular formula is C94H221B8Li2N10Na2. The number of hydrogen-bond donors (Lipinski definition) is 1. The molecule has 22 heteroatoms. The van der Waals surface area contributed by atoms with Crippen molar-refractivity contribution in [3.63, 3.8) is 0 Å². The van der Waals surface area contributed by atoms with E-state index in [1.807, 2.05) is 18.7 Å². The van der Waals surface area contributed by atoms with Crippen molar-refractivity contribution in [3.05, 3.63) is 74.9 Å². The molecule has 0 aromatic carbocycles. The van der Waals surface area contributed by atoms with Crippen LogP contribution in [0.15, 0.2) is 74.9 Å². The molecule has 675 valence electrons. The minimum Gasteiger partial charge on any atom is -0.522 e. The summed E-state index contributed by atoms with van der Waals surface area (Å²) >= 11 is 0. The summed E-state index contributed by atoms with van der Waals surface area (Å²) in [5.41, 5.74) is 0. The number of nitrogens with one attached hydrogen (secondary N) is 1. The van der Waals surface area contributed by atoms with E-state index in [1.165, 1.54) is 307 Å². The summed E-state index contributed by atoms with van der Waals surface area (Å²) in [5, 5.41) is 3.20. The van der Waals surface area contributed by atoms with Crippen LogP contribution in [0.1, 0.15) is 430 Å². The fraction of sp³-hybridized carbons (Fsp3) is 0.872. The van der Waals surface area contributed by atoms with Crippen molar-refractivity contribution in [2.45, 2.75) is 508 Å². The first-order chi connectivity index (χ1) is 53.9. The molecule has 0 aliphatic carbocycles. The zero-order valence-electron chi connectivity index (χ0n) is 89.6. The first kappa shape index (κ1) is 148. The van der Waals surface area contributed by atoms with E-state index in [2.05, 4.69) is 326 Å². The maximum absolute atomic E-state index is 3.98. The van der Waals surface area contributed by atoms with Crippen molar-refractivity contribution in [2.24, 2.45) is 0 Å². The Morgan fingerprint density at radius 3 is 0.750 bits per heavy atom. The van der Waals surface area contributed by atoms with E-state index in [0.29, 0.717) is 0 Å². The molecule has 4 heterocycles. The molecule has 0 bridgehead atoms. The fourth-order valence-corrected chi connectivity index (χ4v) is 11.4. The third-order valence-electron chi connectivity index (χ3n) is 21.0. The third-order valence-corrected chi connectivity index (χ3v) is 21.0. The molecule has 4 rings (SSSR count). The molecule has 1 N–H and O–H groups in total. The summed E-state index contributed by atoms with van der Waals surface area (Å²) in [6, 6.07) is 0. The molecule has 4 atom stereocenters. The van der Waals surface area contributed by atoms with Gasteiger partial charge < -0.3 is 41.1 Å². The molecule has 0 saturated heterocycles. The van der Waals surface area contributed by atoms with Gasteiger partial charge >= 0.3 is 96.8 Å². The van der Waals surface area contributed by atoms with E-state index in [9.17, 15) is 0 Å². The summed E-state index contributed by atoms with van der Waals surface area (Å²) in [5.74, 6) is 0. The minimum atomic E-state index is -0.146. The van der Waals surface area contributed by atoms with Crippen LogP contribution in [0.5, 0.6) is 0 Å². The van der Waals surface area contributed by atoms with Gasteiger partial charge in [-0.1, -0.05) is 437 Å². The van der Waals surface area contributed by atoms with E-state index in [1.54, 1.807) is 0 Å². The molecule has 0 spiro atoms. The summed E-state index contributed by atoms with van der Waals surface area (Å²) in [6.07, 6.45) is 92.5. The Labute approximate surface area is 809 Å². The van der Waals surface area contributed by atoms with Gasteiger partial charge in [0.05, 0.1) is 78.5 Å². The van der Waals surface area contributed by atoms with Gasteiger partial charge in [-0.05, 0) is 12.7 Å². The molecule has 0 aliphatic heterocycles. The van der Waals surface area contributed by atoms with Crippen molar-refractivity contribution in [1.29, 1.82) is 0 Å². The molecule has 116 heavy (non-hydrogen) atoms. The second kappa shape index (κ2) is 133. The third kappa shape index (κ3) is 140. The number of unbranched alkanes of at least 4 members (excludes halogenated alkanes) is 28. The Kier molecular flexibility index (Phi) is 170. The number of imidazole rings is 4. The molecule has 4 aromatic heterocycles. The Bertz CT molecular complexity index is 1970. The van der Waals surface area contributed by atoms with Crippen LogP contribution in [-0.4, -0.2) is 119 Å². The standard InChI is InChI=1S/2C12H27B2N2.C8H19B2N2.4C8H18.C6H12BN2.C4H12BN.C4H12N.4C4H10.2Li.2Na/c2*1-4-6-8-13-15-10-11-16(12-15)14(3)9-7-5-2;1-4-9-11-6-7-12(8-11)10(3)5-2;4*1-3-5-7-8-6-4-2;1-3-7(2)9-5-4-8-6-9;1-3-5-6-4-2;1-5(2,3)4;4*1-3-4-2;;;;/h2*10-12,14H,4-9,13H2,1-3H3;6-8,10H,4-5,9H2,1-3H3;4*3-8H2,1-2H3;4-7H,3H2,1-2H3;5-6H,3-4H2,1-2H3;1-4H3;4*3-4H2,1-2H3;;;;/q3*-1;;;;;2*-1;+1;;;;;4*+1. The zero-order valence-corrected chi connectivity index (χ0v) is 93.6. The van der Waals surface area contributed by atoms with Crippen LogP contribution in [0.25, 0.3) is 0 Å². The SMILES string of the molecule is CCCC.CCCC.CCCC.CCCC.CCCCCCCC.CCCCCCCC.CCCCCCCC.CCCCCCCC.CCCC[BH2-][n+]1ccn([BH-](C)CCCC)c1.CCCC[BH2-][n+]1ccn([BH-](C)CCCC)c1.CC[BH-](C)n1ccnc1.CC[BH-]NCC.CC[BH2-][n+]1ccn([BH-](C)CC)c1.C[N+](C)(C)C.[Li+].[Li+].[Na+].[Na+]. The van der Waals surface area contributed by atoms with Gasteiger partial charge in [-0.25, -0.2) is 4.98 Å². The Morgan fingerprint density at radius 2 is 0.560 bits per heavy atom. The minimum absolute atomic E-state index is 0. The van der Waals surface area contributed by atoms with Crippen LogP contribution in [0, 0.1) is 0 Å². The van der Waals surface area contributed by atoms with E-state index in [-0.39, 0.29) is 146 Å². The van der Waals surface area contributed by atoms with Gasteiger partial charge in [0, 0.05) is 6.20 Å². The monoisotopic (exact) mass is 1640 g/mol. The summed E-state index contributed by atoms with van der Waals surface area (Å²) in [4.78, 5) is 3.98. The maximum Gasteiger partial charge on any atom is 1.00 e. The normalized spacial score (nSPS) is 10.7. The number of nitrogens with zero attached hydrogens (tertiary/aromatic N) is 9. The molecule has 0 aliphatic rings. The van der Waals surface area contributed by atoms with Crippen molar-refractivity contribution < 1.29 is 115 Å². The predicted molar refractivity (Wildman–Crippen MR) is 546 cm³/mol. The average Bonchev–Trinajstić information content (AvgIpc) is 1.75. The number of rotatable bonds is 49. The van der Waals surface area contributed by atoms with Crippen molar-refractivity contribution in [1.82, 2.24) is 28.1 Å². The fourth-order valence-electron chi connectivity index (χ4n) is 11.4. The molecule has 0 amide bonds. The van der Waals surface area contributed by atoms with E-state index in [0.717, 1.165) is 18.4 Å². The topological polar surface area (TPSA) is 56.3 Å². The number of quaternary nitrogens is 1. The van der Waals surface area contributed by atoms with Gasteiger partial charge in [-0.15, -0.1) is 37.9 Å². The number of hydrogen-bond acceptors (Lipinski definition) is 2. The zero-order chi connectivity index (χ0) is 87.2. The van der Waals surface area contributed by atoms with Gasteiger partial charge in [-0.2, -0.15) is 39.9 Å². The molecule has 10 nitrogen and oxygen atoms in total. The van der Waals surface area contributed by atoms with Crippen molar-refractivity contribution in [3.8, 4) is 0 Å². The van der Waals surface area contributed by atoms with Crippen LogP contribution in [0.4, 0.5) is 0 Å². The van der Waals surface area contributed by atoms with Gasteiger partial charge in [0.2, 0.25) is 0 Å². The maximum atomic E-state index is 3.98. The largest absolute Gasteiger partial charge is 1.00 e. The predicted octanol–water partition coefficient (Wildman–Crippen LogP) is 14.7. The van der Waals surface area contributed by atoms with Gasteiger partial charge in [0.25, 0.3) is 0 Å². The van der Waals surface area contributed by atoms with Gasteiger partial charge in [0.1, 0.15) is 19.0 Å². The smallest absolute Gasteiger partial charge is 0.522 e. The van der Waals surface area contributed by atoms with Crippen molar-refractivity contribution in [2.75, 3.05) is 34.7 Å². The van der Waals surface area contributed by atoms with Crippen LogP contribution < -0.4 is 115 Å². The van der Waals surface area contributed by atoms with Crippen LogP contribution >= 0.6 is 0 Å². The van der Waals surface area contributed by atoms with E-state index < -0.39 is 0 Å². The average molecular weight is 1640 g/mol. The molecular weight excluding hydrogens is 1420 g/mol. The quantitative estimate of drug-likeness (QED) is 0.0272. The van der Waals surface area contributed by atoms with Gasteiger partial charge in [0.15, 0.2) is 42.8 Å². The Balaban J connectivity index is -0.0000000822. The summed E-state index contributed by atoms with van der Waals surface area (Å²) in [6.45, 7) is 65.6. The Hall–Kier alpha value is 0.474. The van der Waals surface area contributed by atoms with E-state index >= 15 is 0 Å². The van der Waals surface area contributed by atoms with Crippen LogP contribution in [-0.2, 0) is 0 Å². The van der Waals surface area contributed by atoms with Gasteiger partial charge in [-0.3, -0.25) is 0 Å². The van der Waals surface area contributed by atoms with Crippen molar-refractivity contribution >= 4 is 57.0 Å². The molecule has 4 aromatic rings. The first-order valence-electron chi connectivity index (χ1n) is 51.7. The molecule has 0 fully saturated rings. The first-order valence-corrected chi connectivity index (χ1v) is 51.7. The molecule has 4 unspecified atom stereocenters. The summed E-state index contributed by atoms with van der Waals surface area (Å²) < 4.78 is 17.8. The second-order valence-electron chi connectivity index (χ2n) is 35.5.